The maximum absolute atomic E-state index is 12.7. The zero-order valence-corrected chi connectivity index (χ0v) is 18.9. The van der Waals surface area contributed by atoms with E-state index in [1.54, 1.807) is 12.4 Å². The number of carbonyl (C=O) groups excluding carboxylic acids is 2. The number of piperazine rings is 1. The van der Waals surface area contributed by atoms with Crippen molar-refractivity contribution in [2.75, 3.05) is 55.7 Å². The summed E-state index contributed by atoms with van der Waals surface area (Å²) >= 11 is 0. The first-order valence-electron chi connectivity index (χ1n) is 10.7. The Labute approximate surface area is 188 Å². The number of hydrogen-bond donors (Lipinski definition) is 0. The molecule has 1 aromatic heterocycles. The van der Waals surface area contributed by atoms with E-state index < -0.39 is 9.84 Å². The Morgan fingerprint density at radius 1 is 0.871 bits per heavy atom. The summed E-state index contributed by atoms with van der Waals surface area (Å²) in [7, 11) is -3.08. The number of fused-ring (bicyclic) bond motifs is 4. The van der Waals surface area contributed by atoms with E-state index in [0.29, 0.717) is 6.54 Å². The molecule has 4 atom stereocenters. The standard InChI is InChI=1S/C20H27N5O4S.ClH/c26-18-16-14-12-30(28,29)13-15(14)17(16)19(27)25(18)7-2-1-6-23-8-10-24(11-9-23)20-21-4-3-5-22-20;/h3-5,14-17H,1-2,6-13H2;1H. The molecule has 1 saturated carbocycles. The second-order valence-corrected chi connectivity index (χ2v) is 11.0. The highest BCUT2D eigenvalue weighted by Gasteiger charge is 2.67. The third kappa shape index (κ3) is 4.05. The number of likely N-dealkylation sites (tertiary alicyclic amines) is 1. The summed E-state index contributed by atoms with van der Waals surface area (Å²) < 4.78 is 23.7. The molecule has 4 fully saturated rings. The third-order valence-corrected chi connectivity index (χ3v) is 8.95. The van der Waals surface area contributed by atoms with Crippen LogP contribution in [0.1, 0.15) is 12.8 Å². The Hall–Kier alpha value is -1.78. The lowest BCUT2D eigenvalue weighted by atomic mass is 9.59. The number of anilines is 1. The van der Waals surface area contributed by atoms with Crippen LogP contribution in [0, 0.1) is 23.7 Å². The van der Waals surface area contributed by atoms with Crippen molar-refractivity contribution < 1.29 is 18.0 Å². The van der Waals surface area contributed by atoms with Crippen LogP contribution in [0.2, 0.25) is 0 Å². The Bertz CT molecular complexity index is 902. The molecule has 0 aromatic carbocycles. The van der Waals surface area contributed by atoms with Crippen LogP contribution in [0.5, 0.6) is 0 Å². The number of amides is 2. The fourth-order valence-corrected chi connectivity index (χ4v) is 7.84. The van der Waals surface area contributed by atoms with Gasteiger partial charge in [0.25, 0.3) is 0 Å². The van der Waals surface area contributed by atoms with Crippen LogP contribution >= 0.6 is 12.4 Å². The Morgan fingerprint density at radius 2 is 1.42 bits per heavy atom. The fraction of sp³-hybridized carbons (Fsp3) is 0.700. The summed E-state index contributed by atoms with van der Waals surface area (Å²) in [6.45, 7) is 5.07. The molecule has 31 heavy (non-hydrogen) atoms. The molecule has 1 aromatic rings. The SMILES string of the molecule is Cl.O=C1C2C3CS(=O)(=O)CC3C2C(=O)N1CCCCN1CCN(c2ncccn2)CC1. The largest absolute Gasteiger partial charge is 0.338 e. The molecule has 11 heteroatoms. The zero-order valence-electron chi connectivity index (χ0n) is 17.3. The third-order valence-electron chi connectivity index (χ3n) is 7.17. The minimum absolute atomic E-state index is 0. The van der Waals surface area contributed by atoms with Crippen molar-refractivity contribution in [3.63, 3.8) is 0 Å². The number of nitrogens with zero attached hydrogens (tertiary/aromatic N) is 5. The van der Waals surface area contributed by atoms with E-state index in [0.717, 1.165) is 51.5 Å². The lowest BCUT2D eigenvalue weighted by Gasteiger charge is -2.39. The summed E-state index contributed by atoms with van der Waals surface area (Å²) in [6, 6.07) is 1.81. The number of carbonyl (C=O) groups is 2. The summed E-state index contributed by atoms with van der Waals surface area (Å²) in [6.07, 6.45) is 5.23. The molecule has 5 rings (SSSR count). The van der Waals surface area contributed by atoms with E-state index in [1.807, 2.05) is 6.07 Å². The number of rotatable bonds is 6. The summed E-state index contributed by atoms with van der Waals surface area (Å²) in [5.74, 6) is -0.383. The number of hydrogen-bond acceptors (Lipinski definition) is 8. The second kappa shape index (κ2) is 8.63. The predicted molar refractivity (Wildman–Crippen MR) is 117 cm³/mol. The van der Waals surface area contributed by atoms with Crippen LogP contribution in [0.25, 0.3) is 0 Å². The maximum atomic E-state index is 12.7. The molecular weight excluding hydrogens is 442 g/mol. The first kappa shape index (κ1) is 22.4. The van der Waals surface area contributed by atoms with E-state index in [1.165, 1.54) is 4.90 Å². The molecule has 3 saturated heterocycles. The van der Waals surface area contributed by atoms with Crippen molar-refractivity contribution in [2.45, 2.75) is 12.8 Å². The molecule has 4 heterocycles. The normalized spacial score (nSPS) is 31.7. The van der Waals surface area contributed by atoms with Gasteiger partial charge in [0.1, 0.15) is 0 Å². The van der Waals surface area contributed by atoms with E-state index in [9.17, 15) is 18.0 Å². The van der Waals surface area contributed by atoms with Crippen LogP contribution in [-0.4, -0.2) is 90.8 Å². The maximum Gasteiger partial charge on any atom is 0.233 e. The van der Waals surface area contributed by atoms with Crippen LogP contribution in [0.4, 0.5) is 5.95 Å². The fourth-order valence-electron chi connectivity index (χ4n) is 5.62. The topological polar surface area (TPSA) is 104 Å². The molecule has 0 bridgehead atoms. The van der Waals surface area contributed by atoms with Gasteiger partial charge in [0.2, 0.25) is 17.8 Å². The van der Waals surface area contributed by atoms with Crippen LogP contribution in [0.3, 0.4) is 0 Å². The van der Waals surface area contributed by atoms with Gasteiger partial charge in [0.15, 0.2) is 9.84 Å². The van der Waals surface area contributed by atoms with Crippen molar-refractivity contribution in [1.29, 1.82) is 0 Å². The molecule has 2 amide bonds. The summed E-state index contributed by atoms with van der Waals surface area (Å²) in [5.41, 5.74) is 0. The van der Waals surface area contributed by atoms with Crippen molar-refractivity contribution in [2.24, 2.45) is 23.7 Å². The van der Waals surface area contributed by atoms with E-state index in [-0.39, 0.29) is 59.4 Å². The van der Waals surface area contributed by atoms with Gasteiger partial charge >= 0.3 is 0 Å². The molecule has 0 N–H and O–H groups in total. The van der Waals surface area contributed by atoms with Gasteiger partial charge in [0, 0.05) is 45.1 Å². The molecule has 170 valence electrons. The average molecular weight is 470 g/mol. The molecule has 0 spiro atoms. The van der Waals surface area contributed by atoms with Gasteiger partial charge in [-0.15, -0.1) is 12.4 Å². The summed E-state index contributed by atoms with van der Waals surface area (Å²) in [4.78, 5) is 40.0. The molecule has 1 aliphatic carbocycles. The number of aromatic nitrogens is 2. The lowest BCUT2D eigenvalue weighted by Crippen LogP contribution is -2.47. The molecular formula is C20H28ClN5O4S. The smallest absolute Gasteiger partial charge is 0.233 e. The highest BCUT2D eigenvalue weighted by molar-refractivity contribution is 7.91. The van der Waals surface area contributed by atoms with E-state index in [2.05, 4.69) is 19.8 Å². The van der Waals surface area contributed by atoms with Gasteiger partial charge in [-0.3, -0.25) is 19.4 Å². The number of sulfone groups is 1. The summed E-state index contributed by atoms with van der Waals surface area (Å²) in [5, 5.41) is 0. The minimum Gasteiger partial charge on any atom is -0.338 e. The van der Waals surface area contributed by atoms with Crippen LogP contribution in [-0.2, 0) is 19.4 Å². The molecule has 0 radical (unpaired) electrons. The van der Waals surface area contributed by atoms with E-state index >= 15 is 0 Å². The van der Waals surface area contributed by atoms with Crippen LogP contribution in [0.15, 0.2) is 18.5 Å². The monoisotopic (exact) mass is 469 g/mol. The first-order chi connectivity index (χ1) is 14.4. The van der Waals surface area contributed by atoms with Crippen molar-refractivity contribution in [3.05, 3.63) is 18.5 Å². The van der Waals surface area contributed by atoms with Crippen LogP contribution < -0.4 is 4.90 Å². The average Bonchev–Trinajstić information content (AvgIpc) is 3.12. The van der Waals surface area contributed by atoms with Gasteiger partial charge < -0.3 is 4.90 Å². The minimum atomic E-state index is -3.08. The molecule has 4 aliphatic rings. The number of halogens is 1. The predicted octanol–water partition coefficient (Wildman–Crippen LogP) is 0.0762. The van der Waals surface area contributed by atoms with Crippen molar-refractivity contribution >= 4 is 40.0 Å². The van der Waals surface area contributed by atoms with Gasteiger partial charge in [-0.05, 0) is 37.3 Å². The van der Waals surface area contributed by atoms with Gasteiger partial charge in [-0.2, -0.15) is 0 Å². The highest BCUT2D eigenvalue weighted by atomic mass is 35.5. The zero-order chi connectivity index (χ0) is 20.9. The lowest BCUT2D eigenvalue weighted by molar-refractivity contribution is -0.139. The van der Waals surface area contributed by atoms with Gasteiger partial charge in [-0.25, -0.2) is 18.4 Å². The Balaban J connectivity index is 0.00000231. The highest BCUT2D eigenvalue weighted by Crippen LogP contribution is 2.56. The molecule has 3 aliphatic heterocycles. The molecule has 9 nitrogen and oxygen atoms in total. The van der Waals surface area contributed by atoms with E-state index in [4.69, 9.17) is 0 Å². The number of unbranched alkanes of at least 4 members (excludes halogenated alkanes) is 1. The Morgan fingerprint density at radius 3 is 2.00 bits per heavy atom. The molecule has 4 unspecified atom stereocenters. The quantitative estimate of drug-likeness (QED) is 0.426. The van der Waals surface area contributed by atoms with Gasteiger partial charge in [0.05, 0.1) is 23.3 Å². The number of imide groups is 1. The second-order valence-electron chi connectivity index (χ2n) is 8.87. The Kier molecular flexibility index (Phi) is 6.24. The first-order valence-corrected chi connectivity index (χ1v) is 12.6. The van der Waals surface area contributed by atoms with Crippen molar-refractivity contribution in [1.82, 2.24) is 19.8 Å². The van der Waals surface area contributed by atoms with Gasteiger partial charge in [-0.1, -0.05) is 0 Å². The van der Waals surface area contributed by atoms with Crippen molar-refractivity contribution in [3.8, 4) is 0 Å².